The Labute approximate surface area is 122 Å². The number of hydrogen-bond acceptors (Lipinski definition) is 5. The molecular weight excluding hydrogens is 274 g/mol. The largest absolute Gasteiger partial charge is 0.468 e. The molecule has 0 radical (unpaired) electrons. The van der Waals surface area contributed by atoms with Crippen LogP contribution in [0.15, 0.2) is 29.4 Å². The van der Waals surface area contributed by atoms with Crippen molar-refractivity contribution in [2.75, 3.05) is 7.11 Å². The molecule has 1 heterocycles. The van der Waals surface area contributed by atoms with Crippen LogP contribution in [0.5, 0.6) is 0 Å². The number of methoxy groups -OCH3 is 1. The minimum Gasteiger partial charge on any atom is -0.468 e. The third kappa shape index (κ3) is 2.85. The second-order valence-corrected chi connectivity index (χ2v) is 5.77. The number of carbonyl (C=O) groups is 1. The van der Waals surface area contributed by atoms with Gasteiger partial charge in [0.15, 0.2) is 11.0 Å². The van der Waals surface area contributed by atoms with Crippen LogP contribution in [0.1, 0.15) is 12.5 Å². The fraction of sp³-hybridized carbons (Fsp3) is 0.357. The number of rotatable bonds is 4. The van der Waals surface area contributed by atoms with Crippen molar-refractivity contribution in [2.45, 2.75) is 24.3 Å². The number of nitrogens with zero attached hydrogens (tertiary/aromatic N) is 3. The lowest BCUT2D eigenvalue weighted by molar-refractivity contribution is -0.139. The highest BCUT2D eigenvalue weighted by molar-refractivity contribution is 8.00. The van der Waals surface area contributed by atoms with Gasteiger partial charge in [-0.05, 0) is 19.4 Å². The van der Waals surface area contributed by atoms with Gasteiger partial charge in [-0.15, -0.1) is 10.2 Å². The fourth-order valence-corrected chi connectivity index (χ4v) is 2.69. The molecule has 2 aromatic rings. The molecule has 5 nitrogen and oxygen atoms in total. The predicted molar refractivity (Wildman–Crippen MR) is 78.5 cm³/mol. The van der Waals surface area contributed by atoms with Crippen molar-refractivity contribution >= 4 is 17.7 Å². The highest BCUT2D eigenvalue weighted by Crippen LogP contribution is 2.27. The lowest BCUT2D eigenvalue weighted by Gasteiger charge is -2.09. The SMILES string of the molecule is COC(=O)[C@H](C)Sc1nnc(-c2ccccc2C)n1C. The molecule has 1 atom stereocenters. The summed E-state index contributed by atoms with van der Waals surface area (Å²) in [6, 6.07) is 8.01. The van der Waals surface area contributed by atoms with Crippen LogP contribution in [0.2, 0.25) is 0 Å². The van der Waals surface area contributed by atoms with Crippen molar-refractivity contribution in [3.8, 4) is 11.4 Å². The van der Waals surface area contributed by atoms with Gasteiger partial charge in [-0.2, -0.15) is 0 Å². The Hall–Kier alpha value is -1.82. The van der Waals surface area contributed by atoms with Gasteiger partial charge in [-0.25, -0.2) is 0 Å². The molecular formula is C14H17N3O2S. The number of aromatic nitrogens is 3. The Bertz CT molecular complexity index is 625. The number of esters is 1. The van der Waals surface area contributed by atoms with E-state index in [4.69, 9.17) is 4.74 Å². The molecule has 0 saturated heterocycles. The minimum absolute atomic E-state index is 0.268. The van der Waals surface area contributed by atoms with Crippen molar-refractivity contribution in [1.82, 2.24) is 14.8 Å². The molecule has 2 rings (SSSR count). The van der Waals surface area contributed by atoms with E-state index in [0.717, 1.165) is 17.0 Å². The van der Waals surface area contributed by atoms with Crippen LogP contribution < -0.4 is 0 Å². The summed E-state index contributed by atoms with van der Waals surface area (Å²) >= 11 is 1.34. The molecule has 20 heavy (non-hydrogen) atoms. The predicted octanol–water partition coefficient (Wildman–Crippen LogP) is 2.44. The molecule has 0 amide bonds. The highest BCUT2D eigenvalue weighted by Gasteiger charge is 2.19. The number of benzene rings is 1. The molecule has 0 fully saturated rings. The molecule has 0 aliphatic rings. The molecule has 1 aromatic heterocycles. The molecule has 1 aromatic carbocycles. The van der Waals surface area contributed by atoms with E-state index in [-0.39, 0.29) is 11.2 Å². The fourth-order valence-electron chi connectivity index (χ4n) is 1.85. The Kier molecular flexibility index (Phi) is 4.44. The Morgan fingerprint density at radius 2 is 2.05 bits per heavy atom. The van der Waals surface area contributed by atoms with E-state index in [0.29, 0.717) is 5.16 Å². The minimum atomic E-state index is -0.312. The van der Waals surface area contributed by atoms with Gasteiger partial charge in [0, 0.05) is 12.6 Å². The monoisotopic (exact) mass is 291 g/mol. The molecule has 0 bridgehead atoms. The average molecular weight is 291 g/mol. The summed E-state index contributed by atoms with van der Waals surface area (Å²) in [4.78, 5) is 11.5. The average Bonchev–Trinajstić information content (AvgIpc) is 2.80. The molecule has 6 heteroatoms. The van der Waals surface area contributed by atoms with Crippen LogP contribution in [-0.2, 0) is 16.6 Å². The van der Waals surface area contributed by atoms with Gasteiger partial charge < -0.3 is 9.30 Å². The molecule has 0 aliphatic carbocycles. The standard InChI is InChI=1S/C14H17N3O2S/c1-9-7-5-6-8-11(9)12-15-16-14(17(12)3)20-10(2)13(18)19-4/h5-8,10H,1-4H3/t10-/m0/s1. The van der Waals surface area contributed by atoms with Crippen LogP contribution in [0, 0.1) is 6.92 Å². The van der Waals surface area contributed by atoms with Gasteiger partial charge in [0.2, 0.25) is 0 Å². The summed E-state index contributed by atoms with van der Waals surface area (Å²) in [6.45, 7) is 3.83. The van der Waals surface area contributed by atoms with Gasteiger partial charge in [0.05, 0.1) is 7.11 Å². The van der Waals surface area contributed by atoms with Gasteiger partial charge in [-0.3, -0.25) is 4.79 Å². The number of ether oxygens (including phenoxy) is 1. The first-order valence-electron chi connectivity index (χ1n) is 6.24. The first-order valence-corrected chi connectivity index (χ1v) is 7.12. The summed E-state index contributed by atoms with van der Waals surface area (Å²) < 4.78 is 6.61. The van der Waals surface area contributed by atoms with Crippen molar-refractivity contribution in [2.24, 2.45) is 7.05 Å². The number of hydrogen-bond donors (Lipinski definition) is 0. The number of thioether (sulfide) groups is 1. The van der Waals surface area contributed by atoms with Crippen molar-refractivity contribution in [3.05, 3.63) is 29.8 Å². The van der Waals surface area contributed by atoms with Crippen LogP contribution in [0.3, 0.4) is 0 Å². The highest BCUT2D eigenvalue weighted by atomic mass is 32.2. The lowest BCUT2D eigenvalue weighted by atomic mass is 10.1. The van der Waals surface area contributed by atoms with Crippen LogP contribution in [0.25, 0.3) is 11.4 Å². The maximum Gasteiger partial charge on any atom is 0.318 e. The second-order valence-electron chi connectivity index (χ2n) is 4.46. The van der Waals surface area contributed by atoms with Gasteiger partial charge in [-0.1, -0.05) is 36.0 Å². The van der Waals surface area contributed by atoms with E-state index >= 15 is 0 Å². The van der Waals surface area contributed by atoms with Crippen LogP contribution in [-0.4, -0.2) is 33.1 Å². The maximum absolute atomic E-state index is 11.5. The molecule has 0 spiro atoms. The van der Waals surface area contributed by atoms with E-state index < -0.39 is 0 Å². The molecule has 106 valence electrons. The zero-order valence-electron chi connectivity index (χ0n) is 12.0. The summed E-state index contributed by atoms with van der Waals surface area (Å²) in [5.74, 6) is 0.526. The third-order valence-electron chi connectivity index (χ3n) is 3.04. The van der Waals surface area contributed by atoms with E-state index in [9.17, 15) is 4.79 Å². The zero-order chi connectivity index (χ0) is 14.7. The zero-order valence-corrected chi connectivity index (χ0v) is 12.8. The van der Waals surface area contributed by atoms with E-state index in [1.165, 1.54) is 18.9 Å². The quantitative estimate of drug-likeness (QED) is 0.639. The molecule has 0 unspecified atom stereocenters. The van der Waals surface area contributed by atoms with Crippen molar-refractivity contribution in [3.63, 3.8) is 0 Å². The first-order chi connectivity index (χ1) is 9.54. The molecule has 0 aliphatic heterocycles. The van der Waals surface area contributed by atoms with Crippen molar-refractivity contribution < 1.29 is 9.53 Å². The van der Waals surface area contributed by atoms with Crippen LogP contribution in [0.4, 0.5) is 0 Å². The summed E-state index contributed by atoms with van der Waals surface area (Å²) in [5, 5.41) is 8.77. The van der Waals surface area contributed by atoms with Gasteiger partial charge in [0.25, 0.3) is 0 Å². The normalized spacial score (nSPS) is 12.2. The third-order valence-corrected chi connectivity index (χ3v) is 4.15. The Morgan fingerprint density at radius 1 is 1.35 bits per heavy atom. The summed E-state index contributed by atoms with van der Waals surface area (Å²) in [6.07, 6.45) is 0. The molecule has 0 saturated carbocycles. The number of carbonyl (C=O) groups excluding carboxylic acids is 1. The summed E-state index contributed by atoms with van der Waals surface area (Å²) in [7, 11) is 3.28. The van der Waals surface area contributed by atoms with Gasteiger partial charge in [0.1, 0.15) is 5.25 Å². The Morgan fingerprint density at radius 3 is 2.70 bits per heavy atom. The first kappa shape index (κ1) is 14.6. The van der Waals surface area contributed by atoms with Crippen LogP contribution >= 0.6 is 11.8 Å². The van der Waals surface area contributed by atoms with E-state index in [2.05, 4.69) is 10.2 Å². The smallest absolute Gasteiger partial charge is 0.318 e. The second kappa shape index (κ2) is 6.09. The topological polar surface area (TPSA) is 57.0 Å². The molecule has 0 N–H and O–H groups in total. The lowest BCUT2D eigenvalue weighted by Crippen LogP contribution is -2.15. The summed E-state index contributed by atoms with van der Waals surface area (Å²) in [5.41, 5.74) is 2.18. The number of aryl methyl sites for hydroxylation is 1. The Balaban J connectivity index is 2.28. The van der Waals surface area contributed by atoms with E-state index in [1.54, 1.807) is 6.92 Å². The van der Waals surface area contributed by atoms with E-state index in [1.807, 2.05) is 42.8 Å². The van der Waals surface area contributed by atoms with Crippen molar-refractivity contribution in [1.29, 1.82) is 0 Å². The van der Waals surface area contributed by atoms with Gasteiger partial charge >= 0.3 is 5.97 Å². The maximum atomic E-state index is 11.5.